The Bertz CT molecular complexity index is 837. The molecule has 2 aromatic rings. The monoisotopic (exact) mass is 398 g/mol. The van der Waals surface area contributed by atoms with Crippen LogP contribution in [-0.4, -0.2) is 49.7 Å². The summed E-state index contributed by atoms with van der Waals surface area (Å²) in [6.07, 6.45) is 0. The number of nitrogens with zero attached hydrogens (tertiary/aromatic N) is 1. The van der Waals surface area contributed by atoms with Gasteiger partial charge in [-0.05, 0) is 42.3 Å². The molecule has 2 aromatic carbocycles. The summed E-state index contributed by atoms with van der Waals surface area (Å²) in [5.41, 5.74) is 1.84. The number of amides is 2. The molecule has 0 aliphatic carbocycles. The predicted molar refractivity (Wildman–Crippen MR) is 108 cm³/mol. The average molecular weight is 398 g/mol. The van der Waals surface area contributed by atoms with Crippen molar-refractivity contribution in [1.29, 1.82) is 0 Å². The van der Waals surface area contributed by atoms with Crippen molar-refractivity contribution in [3.05, 3.63) is 59.7 Å². The molecule has 0 saturated carbocycles. The zero-order valence-corrected chi connectivity index (χ0v) is 16.7. The van der Waals surface area contributed by atoms with Crippen LogP contribution in [0.3, 0.4) is 0 Å². The normalized spacial score (nSPS) is 16.4. The molecule has 7 heteroatoms. The van der Waals surface area contributed by atoms with Gasteiger partial charge in [-0.15, -0.1) is 0 Å². The number of rotatable bonds is 8. The lowest BCUT2D eigenvalue weighted by Gasteiger charge is -2.34. The number of carbonyl (C=O) groups excluding carboxylic acids is 2. The van der Waals surface area contributed by atoms with Crippen molar-refractivity contribution in [2.75, 3.05) is 26.9 Å². The van der Waals surface area contributed by atoms with Crippen molar-refractivity contribution in [3.63, 3.8) is 0 Å². The molecule has 1 aliphatic rings. The molecule has 0 aromatic heterocycles. The predicted octanol–water partition coefficient (Wildman–Crippen LogP) is 2.14. The van der Waals surface area contributed by atoms with Gasteiger partial charge in [-0.2, -0.15) is 0 Å². The number of hydrogen-bond acceptors (Lipinski definition) is 5. The summed E-state index contributed by atoms with van der Waals surface area (Å²) in [5, 5.41) is 2.90. The van der Waals surface area contributed by atoms with Gasteiger partial charge in [-0.3, -0.25) is 9.59 Å². The second kappa shape index (κ2) is 9.93. The molecule has 7 nitrogen and oxygen atoms in total. The highest BCUT2D eigenvalue weighted by Crippen LogP contribution is 2.18. The Hall–Kier alpha value is -3.06. The number of methoxy groups -OCH3 is 1. The van der Waals surface area contributed by atoms with Crippen LogP contribution in [0.25, 0.3) is 0 Å². The Kier molecular flexibility index (Phi) is 7.08. The topological polar surface area (TPSA) is 77.1 Å². The Morgan fingerprint density at radius 2 is 1.97 bits per heavy atom. The first kappa shape index (κ1) is 20.7. The minimum atomic E-state index is -0.673. The molecular weight excluding hydrogens is 372 g/mol. The number of nitrogens with one attached hydrogen (secondary N) is 1. The maximum atomic E-state index is 12.8. The molecule has 0 radical (unpaired) electrons. The van der Waals surface area contributed by atoms with E-state index in [1.165, 1.54) is 0 Å². The number of morpholine rings is 1. The minimum Gasteiger partial charge on any atom is -0.497 e. The number of benzene rings is 2. The van der Waals surface area contributed by atoms with E-state index in [9.17, 15) is 9.59 Å². The third kappa shape index (κ3) is 5.48. The quantitative estimate of drug-likeness (QED) is 0.737. The highest BCUT2D eigenvalue weighted by Gasteiger charge is 2.33. The van der Waals surface area contributed by atoms with Crippen LogP contribution in [0.1, 0.15) is 18.1 Å². The fraction of sp³-hybridized carbons (Fsp3) is 0.364. The van der Waals surface area contributed by atoms with E-state index < -0.39 is 6.04 Å². The van der Waals surface area contributed by atoms with Crippen LogP contribution in [0.4, 0.5) is 0 Å². The van der Waals surface area contributed by atoms with Crippen molar-refractivity contribution >= 4 is 11.8 Å². The van der Waals surface area contributed by atoms with Gasteiger partial charge < -0.3 is 24.4 Å². The Morgan fingerprint density at radius 1 is 1.17 bits per heavy atom. The smallest absolute Gasteiger partial charge is 0.249 e. The fourth-order valence-electron chi connectivity index (χ4n) is 3.17. The summed E-state index contributed by atoms with van der Waals surface area (Å²) in [6.45, 7) is 3.34. The molecule has 154 valence electrons. The fourth-order valence-corrected chi connectivity index (χ4v) is 3.17. The van der Waals surface area contributed by atoms with E-state index in [4.69, 9.17) is 14.2 Å². The highest BCUT2D eigenvalue weighted by molar-refractivity contribution is 5.89. The van der Waals surface area contributed by atoms with Gasteiger partial charge in [0.2, 0.25) is 11.8 Å². The maximum absolute atomic E-state index is 12.8. The Morgan fingerprint density at radius 3 is 2.69 bits per heavy atom. The zero-order valence-electron chi connectivity index (χ0n) is 16.7. The second-order valence-electron chi connectivity index (χ2n) is 6.70. The van der Waals surface area contributed by atoms with Crippen LogP contribution < -0.4 is 14.8 Å². The Balaban J connectivity index is 1.64. The lowest BCUT2D eigenvalue weighted by atomic mass is 10.1. The largest absolute Gasteiger partial charge is 0.497 e. The van der Waals surface area contributed by atoms with E-state index >= 15 is 0 Å². The third-order valence-corrected chi connectivity index (χ3v) is 4.69. The summed E-state index contributed by atoms with van der Waals surface area (Å²) in [4.78, 5) is 26.8. The highest BCUT2D eigenvalue weighted by atomic mass is 16.5. The molecule has 0 spiro atoms. The first-order valence-electron chi connectivity index (χ1n) is 9.60. The van der Waals surface area contributed by atoms with E-state index in [1.807, 2.05) is 55.5 Å². The number of hydrogen-bond donors (Lipinski definition) is 1. The van der Waals surface area contributed by atoms with Gasteiger partial charge in [0, 0.05) is 13.1 Å². The van der Waals surface area contributed by atoms with Crippen LogP contribution in [0.5, 0.6) is 11.5 Å². The molecule has 29 heavy (non-hydrogen) atoms. The van der Waals surface area contributed by atoms with Gasteiger partial charge in [0.15, 0.2) is 0 Å². The zero-order chi connectivity index (χ0) is 20.6. The van der Waals surface area contributed by atoms with Gasteiger partial charge in [-0.1, -0.05) is 24.3 Å². The summed E-state index contributed by atoms with van der Waals surface area (Å²) in [7, 11) is 1.60. The van der Waals surface area contributed by atoms with E-state index in [0.717, 1.165) is 22.6 Å². The summed E-state index contributed by atoms with van der Waals surface area (Å²) in [6, 6.07) is 14.3. The molecule has 1 aliphatic heterocycles. The second-order valence-corrected chi connectivity index (χ2v) is 6.70. The minimum absolute atomic E-state index is 0.0175. The Labute approximate surface area is 170 Å². The first-order valence-corrected chi connectivity index (χ1v) is 9.60. The van der Waals surface area contributed by atoms with Crippen molar-refractivity contribution < 1.29 is 23.8 Å². The third-order valence-electron chi connectivity index (χ3n) is 4.69. The van der Waals surface area contributed by atoms with E-state index in [-0.39, 0.29) is 25.0 Å². The van der Waals surface area contributed by atoms with Crippen LogP contribution >= 0.6 is 0 Å². The SMILES string of the molecule is CCOc1cccc(CNC(=O)[C@@H]2COCC(=O)N2Cc2ccc(OC)cc2)c1. The van der Waals surface area contributed by atoms with Crippen molar-refractivity contribution in [2.24, 2.45) is 0 Å². The molecule has 1 N–H and O–H groups in total. The molecule has 1 fully saturated rings. The van der Waals surface area contributed by atoms with E-state index in [0.29, 0.717) is 19.7 Å². The van der Waals surface area contributed by atoms with Crippen LogP contribution in [-0.2, 0) is 27.4 Å². The molecule has 0 bridgehead atoms. The molecule has 2 amide bonds. The molecule has 1 heterocycles. The van der Waals surface area contributed by atoms with Crippen molar-refractivity contribution in [2.45, 2.75) is 26.1 Å². The molecule has 1 atom stereocenters. The van der Waals surface area contributed by atoms with Gasteiger partial charge in [0.1, 0.15) is 24.1 Å². The maximum Gasteiger partial charge on any atom is 0.249 e. The number of carbonyl (C=O) groups is 2. The van der Waals surface area contributed by atoms with Crippen molar-refractivity contribution in [1.82, 2.24) is 10.2 Å². The lowest BCUT2D eigenvalue weighted by molar-refractivity contribution is -0.155. The van der Waals surface area contributed by atoms with Gasteiger partial charge >= 0.3 is 0 Å². The standard InChI is InChI=1S/C22H26N2O5/c1-3-29-19-6-4-5-17(11-19)12-23-22(26)20-14-28-15-21(25)24(20)13-16-7-9-18(27-2)10-8-16/h4-11,20H,3,12-15H2,1-2H3,(H,23,26)/t20-/m0/s1. The molecule has 3 rings (SSSR count). The number of ether oxygens (including phenoxy) is 3. The molecule has 0 unspecified atom stereocenters. The van der Waals surface area contributed by atoms with Gasteiger partial charge in [0.25, 0.3) is 0 Å². The molecular formula is C22H26N2O5. The first-order chi connectivity index (χ1) is 14.1. The van der Waals surface area contributed by atoms with Crippen molar-refractivity contribution in [3.8, 4) is 11.5 Å². The summed E-state index contributed by atoms with van der Waals surface area (Å²) in [5.74, 6) is 1.06. The van der Waals surface area contributed by atoms with Crippen LogP contribution in [0, 0.1) is 0 Å². The van der Waals surface area contributed by atoms with E-state index in [2.05, 4.69) is 5.32 Å². The summed E-state index contributed by atoms with van der Waals surface area (Å²) < 4.78 is 16.0. The van der Waals surface area contributed by atoms with E-state index in [1.54, 1.807) is 12.0 Å². The van der Waals surface area contributed by atoms with Crippen LogP contribution in [0.15, 0.2) is 48.5 Å². The molecule has 1 saturated heterocycles. The van der Waals surface area contributed by atoms with Gasteiger partial charge in [0.05, 0.1) is 20.3 Å². The van der Waals surface area contributed by atoms with Gasteiger partial charge in [-0.25, -0.2) is 0 Å². The summed E-state index contributed by atoms with van der Waals surface area (Å²) >= 11 is 0. The van der Waals surface area contributed by atoms with Crippen LogP contribution in [0.2, 0.25) is 0 Å². The lowest BCUT2D eigenvalue weighted by Crippen LogP contribution is -2.55. The average Bonchev–Trinajstić information content (AvgIpc) is 2.74.